The number of methoxy groups -OCH3 is 1. The molecule has 58 valence electrons. The normalized spacial score (nSPS) is 9.60. The van der Waals surface area contributed by atoms with Crippen LogP contribution in [-0.2, 0) is 9.53 Å². The average Bonchev–Trinajstić information content (AvgIpc) is 1.85. The Labute approximate surface area is 60.9 Å². The summed E-state index contributed by atoms with van der Waals surface area (Å²) >= 11 is 0. The van der Waals surface area contributed by atoms with E-state index in [1.807, 2.05) is 13.8 Å². The molecule has 0 aromatic carbocycles. The number of hydrogen-bond acceptors (Lipinski definition) is 3. The van der Waals surface area contributed by atoms with Gasteiger partial charge in [0.25, 0.3) is 0 Å². The summed E-state index contributed by atoms with van der Waals surface area (Å²) in [6.07, 6.45) is 0.493. The van der Waals surface area contributed by atoms with E-state index in [4.69, 9.17) is 5.41 Å². The predicted molar refractivity (Wildman–Crippen MR) is 39.2 cm³/mol. The molecule has 3 nitrogen and oxygen atoms in total. The van der Waals surface area contributed by atoms with E-state index >= 15 is 0 Å². The van der Waals surface area contributed by atoms with Crippen molar-refractivity contribution in [2.24, 2.45) is 5.92 Å². The molecule has 0 saturated carbocycles. The molecule has 0 aromatic heterocycles. The Morgan fingerprint density at radius 1 is 1.60 bits per heavy atom. The molecule has 0 amide bonds. The fourth-order valence-corrected chi connectivity index (χ4v) is 0.615. The van der Waals surface area contributed by atoms with Gasteiger partial charge in [-0.25, -0.2) is 4.79 Å². The third kappa shape index (κ3) is 3.22. The Hall–Kier alpha value is -0.860. The largest absolute Gasteiger partial charge is 0.465 e. The molecule has 0 rings (SSSR count). The van der Waals surface area contributed by atoms with Gasteiger partial charge in [-0.15, -0.1) is 0 Å². The first-order chi connectivity index (χ1) is 4.57. The lowest BCUT2D eigenvalue weighted by Gasteiger charge is -2.03. The zero-order valence-corrected chi connectivity index (χ0v) is 6.60. The van der Waals surface area contributed by atoms with Crippen LogP contribution < -0.4 is 0 Å². The molecule has 0 aliphatic carbocycles. The first-order valence-corrected chi connectivity index (χ1v) is 3.23. The topological polar surface area (TPSA) is 50.2 Å². The van der Waals surface area contributed by atoms with Crippen molar-refractivity contribution in [1.82, 2.24) is 0 Å². The molecule has 0 heterocycles. The Balaban J connectivity index is 3.74. The first-order valence-electron chi connectivity index (χ1n) is 3.23. The standard InChI is InChI=1S/C7H13NO2/c1-5(2)4-6(8)7(9)10-3/h5,8H,4H2,1-3H3. The molecule has 1 N–H and O–H groups in total. The van der Waals surface area contributed by atoms with Gasteiger partial charge in [-0.05, 0) is 12.3 Å². The van der Waals surface area contributed by atoms with Gasteiger partial charge in [0.05, 0.1) is 7.11 Å². The summed E-state index contributed by atoms with van der Waals surface area (Å²) in [5, 5.41) is 7.15. The van der Waals surface area contributed by atoms with Crippen molar-refractivity contribution >= 4 is 11.7 Å². The summed E-state index contributed by atoms with van der Waals surface area (Å²) in [6.45, 7) is 3.91. The zero-order chi connectivity index (χ0) is 8.15. The molecule has 0 radical (unpaired) electrons. The van der Waals surface area contributed by atoms with Crippen LogP contribution in [0.2, 0.25) is 0 Å². The van der Waals surface area contributed by atoms with Crippen LogP contribution in [0.4, 0.5) is 0 Å². The lowest BCUT2D eigenvalue weighted by molar-refractivity contribution is -0.133. The quantitative estimate of drug-likeness (QED) is 0.477. The highest BCUT2D eigenvalue weighted by Gasteiger charge is 2.09. The van der Waals surface area contributed by atoms with Gasteiger partial charge >= 0.3 is 5.97 Å². The molecule has 10 heavy (non-hydrogen) atoms. The third-order valence-corrected chi connectivity index (χ3v) is 1.04. The summed E-state index contributed by atoms with van der Waals surface area (Å²) in [5.74, 6) is -0.180. The minimum absolute atomic E-state index is 0.0532. The molecule has 0 aliphatic rings. The van der Waals surface area contributed by atoms with Crippen LogP contribution in [0.15, 0.2) is 0 Å². The van der Waals surface area contributed by atoms with E-state index in [9.17, 15) is 4.79 Å². The van der Waals surface area contributed by atoms with Crippen molar-refractivity contribution < 1.29 is 9.53 Å². The average molecular weight is 143 g/mol. The number of esters is 1. The predicted octanol–water partition coefficient (Wildman–Crippen LogP) is 1.23. The van der Waals surface area contributed by atoms with E-state index in [2.05, 4.69) is 4.74 Å². The lowest BCUT2D eigenvalue weighted by atomic mass is 10.1. The van der Waals surface area contributed by atoms with E-state index in [-0.39, 0.29) is 5.71 Å². The van der Waals surface area contributed by atoms with Gasteiger partial charge in [0.15, 0.2) is 0 Å². The highest BCUT2D eigenvalue weighted by molar-refractivity contribution is 6.35. The van der Waals surface area contributed by atoms with Crippen LogP contribution in [0.5, 0.6) is 0 Å². The number of carbonyl (C=O) groups excluding carboxylic acids is 1. The van der Waals surface area contributed by atoms with Gasteiger partial charge in [0.1, 0.15) is 5.71 Å². The van der Waals surface area contributed by atoms with Gasteiger partial charge in [0.2, 0.25) is 0 Å². The van der Waals surface area contributed by atoms with Gasteiger partial charge in [-0.3, -0.25) is 5.41 Å². The zero-order valence-electron chi connectivity index (χ0n) is 6.60. The molecule has 0 aromatic rings. The smallest absolute Gasteiger partial charge is 0.351 e. The molecule has 0 atom stereocenters. The minimum Gasteiger partial charge on any atom is -0.465 e. The van der Waals surface area contributed by atoms with Gasteiger partial charge < -0.3 is 4.74 Å². The van der Waals surface area contributed by atoms with Crippen molar-refractivity contribution in [3.8, 4) is 0 Å². The molecule has 0 bridgehead atoms. The van der Waals surface area contributed by atoms with E-state index in [1.54, 1.807) is 0 Å². The summed E-state index contributed by atoms with van der Waals surface area (Å²) in [7, 11) is 1.29. The Morgan fingerprint density at radius 3 is 2.40 bits per heavy atom. The van der Waals surface area contributed by atoms with Crippen LogP contribution in [0, 0.1) is 11.3 Å². The van der Waals surface area contributed by atoms with Crippen molar-refractivity contribution in [2.75, 3.05) is 7.11 Å². The lowest BCUT2D eigenvalue weighted by Crippen LogP contribution is -2.16. The second kappa shape index (κ2) is 4.04. The fourth-order valence-electron chi connectivity index (χ4n) is 0.615. The van der Waals surface area contributed by atoms with Crippen LogP contribution >= 0.6 is 0 Å². The van der Waals surface area contributed by atoms with Gasteiger partial charge in [0, 0.05) is 0 Å². The number of rotatable bonds is 3. The van der Waals surface area contributed by atoms with Crippen LogP contribution in [0.25, 0.3) is 0 Å². The summed E-state index contributed by atoms with van der Waals surface area (Å²) in [4.78, 5) is 10.6. The Bertz CT molecular complexity index is 141. The SMILES string of the molecule is COC(=O)C(=N)CC(C)C. The maximum Gasteiger partial charge on any atom is 0.351 e. The second-order valence-corrected chi connectivity index (χ2v) is 2.57. The second-order valence-electron chi connectivity index (χ2n) is 2.57. The van der Waals surface area contributed by atoms with Crippen molar-refractivity contribution in [3.63, 3.8) is 0 Å². The maximum absolute atomic E-state index is 10.6. The molecule has 0 fully saturated rings. The molecule has 0 saturated heterocycles. The fraction of sp³-hybridized carbons (Fsp3) is 0.714. The number of ether oxygens (including phenoxy) is 1. The highest BCUT2D eigenvalue weighted by atomic mass is 16.5. The molecule has 0 aliphatic heterocycles. The van der Waals surface area contributed by atoms with E-state index < -0.39 is 5.97 Å². The minimum atomic E-state index is -0.520. The maximum atomic E-state index is 10.6. The Kier molecular flexibility index (Phi) is 3.69. The van der Waals surface area contributed by atoms with Crippen LogP contribution in [0.1, 0.15) is 20.3 Å². The van der Waals surface area contributed by atoms with E-state index in [0.29, 0.717) is 12.3 Å². The van der Waals surface area contributed by atoms with Gasteiger partial charge in [-0.2, -0.15) is 0 Å². The molecular formula is C7H13NO2. The van der Waals surface area contributed by atoms with E-state index in [1.165, 1.54) is 7.11 Å². The van der Waals surface area contributed by atoms with Gasteiger partial charge in [-0.1, -0.05) is 13.8 Å². The molecule has 0 unspecified atom stereocenters. The van der Waals surface area contributed by atoms with Crippen molar-refractivity contribution in [3.05, 3.63) is 0 Å². The van der Waals surface area contributed by atoms with Crippen molar-refractivity contribution in [2.45, 2.75) is 20.3 Å². The van der Waals surface area contributed by atoms with Crippen molar-refractivity contribution in [1.29, 1.82) is 5.41 Å². The first kappa shape index (κ1) is 9.14. The molecule has 3 heteroatoms. The third-order valence-electron chi connectivity index (χ3n) is 1.04. The molecular weight excluding hydrogens is 130 g/mol. The number of hydrogen-bond donors (Lipinski definition) is 1. The summed E-state index contributed by atoms with van der Waals surface area (Å²) in [5.41, 5.74) is 0.0532. The van der Waals surface area contributed by atoms with E-state index in [0.717, 1.165) is 0 Å². The number of nitrogens with one attached hydrogen (secondary N) is 1. The van der Waals surface area contributed by atoms with Crippen LogP contribution in [-0.4, -0.2) is 18.8 Å². The summed E-state index contributed by atoms with van der Waals surface area (Å²) in [6, 6.07) is 0. The Morgan fingerprint density at radius 2 is 2.10 bits per heavy atom. The number of carbonyl (C=O) groups is 1. The highest BCUT2D eigenvalue weighted by Crippen LogP contribution is 2.00. The monoisotopic (exact) mass is 143 g/mol. The summed E-state index contributed by atoms with van der Waals surface area (Å²) < 4.78 is 4.35. The molecule has 0 spiro atoms. The van der Waals surface area contributed by atoms with Crippen LogP contribution in [0.3, 0.4) is 0 Å².